The van der Waals surface area contributed by atoms with E-state index in [4.69, 9.17) is 0 Å². The van der Waals surface area contributed by atoms with Crippen molar-refractivity contribution >= 4 is 28.1 Å². The maximum atomic E-state index is 13.1. The van der Waals surface area contributed by atoms with Crippen molar-refractivity contribution in [1.82, 2.24) is 19.6 Å². The Bertz CT molecular complexity index is 1050. The summed E-state index contributed by atoms with van der Waals surface area (Å²) in [6.07, 6.45) is 3.36. The third kappa shape index (κ3) is 4.03. The van der Waals surface area contributed by atoms with Gasteiger partial charge in [-0.3, -0.25) is 14.0 Å². The normalized spacial score (nSPS) is 15.1. The number of nitrogens with one attached hydrogen (secondary N) is 1. The fraction of sp³-hybridized carbons (Fsp3) is 0.381. The Morgan fingerprint density at radius 1 is 1.24 bits per heavy atom. The van der Waals surface area contributed by atoms with Crippen molar-refractivity contribution in [2.45, 2.75) is 33.2 Å². The molecule has 2 aromatic heterocycles. The number of hydrogen-bond donors (Lipinski definition) is 1. The average Bonchev–Trinajstić information content (AvgIpc) is 3.26. The molecule has 0 radical (unpaired) electrons. The molecule has 29 heavy (non-hydrogen) atoms. The number of amides is 2. The predicted molar refractivity (Wildman–Crippen MR) is 110 cm³/mol. The Morgan fingerprint density at radius 3 is 2.55 bits per heavy atom. The Kier molecular flexibility index (Phi) is 5.36. The van der Waals surface area contributed by atoms with Crippen LogP contribution in [0.4, 0.5) is 4.39 Å². The van der Waals surface area contributed by atoms with E-state index in [0.717, 1.165) is 26.8 Å². The molecule has 1 aromatic carbocycles. The molecule has 3 heterocycles. The molecule has 0 atom stereocenters. The van der Waals surface area contributed by atoms with Crippen LogP contribution >= 0.6 is 11.3 Å². The molecule has 1 aliphatic heterocycles. The van der Waals surface area contributed by atoms with Crippen LogP contribution < -0.4 is 5.32 Å². The number of thiazole rings is 1. The minimum atomic E-state index is -0.268. The summed E-state index contributed by atoms with van der Waals surface area (Å²) in [4.78, 5) is 32.3. The van der Waals surface area contributed by atoms with Gasteiger partial charge < -0.3 is 10.2 Å². The van der Waals surface area contributed by atoms with Gasteiger partial charge in [0.1, 0.15) is 5.82 Å². The molecule has 0 unspecified atom stereocenters. The van der Waals surface area contributed by atoms with E-state index in [1.807, 2.05) is 17.5 Å². The van der Waals surface area contributed by atoms with E-state index in [1.54, 1.807) is 35.3 Å². The van der Waals surface area contributed by atoms with Crippen LogP contribution in [0.3, 0.4) is 0 Å². The molecule has 0 aliphatic carbocycles. The highest BCUT2D eigenvalue weighted by molar-refractivity contribution is 7.17. The lowest BCUT2D eigenvalue weighted by atomic mass is 9.96. The van der Waals surface area contributed by atoms with Crippen molar-refractivity contribution in [3.8, 4) is 11.3 Å². The van der Waals surface area contributed by atoms with Crippen LogP contribution in [0.15, 0.2) is 30.5 Å². The van der Waals surface area contributed by atoms with Crippen LogP contribution in [-0.2, 0) is 16.1 Å². The van der Waals surface area contributed by atoms with Gasteiger partial charge in [0.2, 0.25) is 11.8 Å². The van der Waals surface area contributed by atoms with E-state index in [1.165, 1.54) is 12.1 Å². The van der Waals surface area contributed by atoms with Gasteiger partial charge >= 0.3 is 0 Å². The minimum Gasteiger partial charge on any atom is -0.351 e. The maximum absolute atomic E-state index is 13.1. The summed E-state index contributed by atoms with van der Waals surface area (Å²) in [5.41, 5.74) is 2.71. The molecule has 1 saturated heterocycles. The SMILES string of the molecule is CC(=O)N1CCC(C(=O)NCc2sc3nc(-c4ccc(F)cc4)cn3c2C)CC1. The number of halogens is 1. The molecule has 0 spiro atoms. The monoisotopic (exact) mass is 414 g/mol. The fourth-order valence-electron chi connectivity index (χ4n) is 3.69. The third-order valence-electron chi connectivity index (χ3n) is 5.53. The first-order valence-corrected chi connectivity index (χ1v) is 10.5. The molecule has 3 aromatic rings. The first-order valence-electron chi connectivity index (χ1n) is 9.69. The summed E-state index contributed by atoms with van der Waals surface area (Å²) in [5, 5.41) is 3.04. The molecule has 6 nitrogen and oxygen atoms in total. The summed E-state index contributed by atoms with van der Waals surface area (Å²) in [6, 6.07) is 6.29. The van der Waals surface area contributed by atoms with Gasteiger partial charge in [0.15, 0.2) is 4.96 Å². The molecule has 1 aliphatic rings. The van der Waals surface area contributed by atoms with E-state index in [0.29, 0.717) is 32.5 Å². The van der Waals surface area contributed by atoms with Crippen molar-refractivity contribution < 1.29 is 14.0 Å². The number of carbonyl (C=O) groups is 2. The highest BCUT2D eigenvalue weighted by Gasteiger charge is 2.26. The smallest absolute Gasteiger partial charge is 0.223 e. The molecule has 0 bridgehead atoms. The highest BCUT2D eigenvalue weighted by Crippen LogP contribution is 2.27. The predicted octanol–water partition coefficient (Wildman–Crippen LogP) is 3.39. The number of aryl methyl sites for hydroxylation is 1. The minimum absolute atomic E-state index is 0.0416. The number of imidazole rings is 1. The quantitative estimate of drug-likeness (QED) is 0.712. The zero-order chi connectivity index (χ0) is 20.5. The van der Waals surface area contributed by atoms with Crippen molar-refractivity contribution in [3.63, 3.8) is 0 Å². The topological polar surface area (TPSA) is 66.7 Å². The largest absolute Gasteiger partial charge is 0.351 e. The van der Waals surface area contributed by atoms with Crippen LogP contribution in [-0.4, -0.2) is 39.2 Å². The molecule has 1 fully saturated rings. The van der Waals surface area contributed by atoms with Gasteiger partial charge in [0, 0.05) is 48.3 Å². The second kappa shape index (κ2) is 7.94. The van der Waals surface area contributed by atoms with Crippen molar-refractivity contribution in [3.05, 3.63) is 46.9 Å². The zero-order valence-corrected chi connectivity index (χ0v) is 17.3. The van der Waals surface area contributed by atoms with Crippen LogP contribution in [0.2, 0.25) is 0 Å². The molecular formula is C21H23FN4O2S. The lowest BCUT2D eigenvalue weighted by molar-refractivity contribution is -0.134. The standard InChI is InChI=1S/C21H23FN4O2S/c1-13-19(11-23-20(28)16-7-9-25(10-8-16)14(2)27)29-21-24-18(12-26(13)21)15-3-5-17(22)6-4-15/h3-6,12,16H,7-11H2,1-2H3,(H,23,28). The third-order valence-corrected chi connectivity index (χ3v) is 6.68. The van der Waals surface area contributed by atoms with Crippen molar-refractivity contribution in [2.75, 3.05) is 13.1 Å². The molecule has 1 N–H and O–H groups in total. The summed E-state index contributed by atoms with van der Waals surface area (Å²) in [5.74, 6) is -0.192. The molecule has 2 amide bonds. The molecule has 8 heteroatoms. The highest BCUT2D eigenvalue weighted by atomic mass is 32.1. The number of benzene rings is 1. The Morgan fingerprint density at radius 2 is 1.93 bits per heavy atom. The van der Waals surface area contributed by atoms with E-state index < -0.39 is 0 Å². The number of fused-ring (bicyclic) bond motifs is 1. The van der Waals surface area contributed by atoms with Gasteiger partial charge in [-0.15, -0.1) is 0 Å². The number of likely N-dealkylation sites (tertiary alicyclic amines) is 1. The number of piperidine rings is 1. The molecule has 0 saturated carbocycles. The molecule has 4 rings (SSSR count). The van der Waals surface area contributed by atoms with Gasteiger partial charge in [0.25, 0.3) is 0 Å². The first-order chi connectivity index (χ1) is 13.9. The second-order valence-corrected chi connectivity index (χ2v) is 8.46. The van der Waals surface area contributed by atoms with Crippen LogP contribution in [0.5, 0.6) is 0 Å². The lowest BCUT2D eigenvalue weighted by Crippen LogP contribution is -2.42. The fourth-order valence-corrected chi connectivity index (χ4v) is 4.73. The molecular weight excluding hydrogens is 391 g/mol. The van der Waals surface area contributed by atoms with Gasteiger partial charge in [-0.1, -0.05) is 11.3 Å². The van der Waals surface area contributed by atoms with Crippen LogP contribution in [0, 0.1) is 18.7 Å². The van der Waals surface area contributed by atoms with E-state index in [-0.39, 0.29) is 23.5 Å². The summed E-state index contributed by atoms with van der Waals surface area (Å²) >= 11 is 1.55. The van der Waals surface area contributed by atoms with Crippen molar-refractivity contribution in [2.24, 2.45) is 5.92 Å². The summed E-state index contributed by atoms with van der Waals surface area (Å²) in [7, 11) is 0. The van der Waals surface area contributed by atoms with Gasteiger partial charge in [-0.05, 0) is 44.0 Å². The van der Waals surface area contributed by atoms with E-state index in [9.17, 15) is 14.0 Å². The van der Waals surface area contributed by atoms with Crippen LogP contribution in [0.25, 0.3) is 16.2 Å². The lowest BCUT2D eigenvalue weighted by Gasteiger charge is -2.30. The molecule has 152 valence electrons. The Labute approximate surface area is 172 Å². The van der Waals surface area contributed by atoms with E-state index in [2.05, 4.69) is 10.3 Å². The maximum Gasteiger partial charge on any atom is 0.223 e. The zero-order valence-electron chi connectivity index (χ0n) is 16.4. The van der Waals surface area contributed by atoms with Gasteiger partial charge in [-0.25, -0.2) is 9.37 Å². The summed E-state index contributed by atoms with van der Waals surface area (Å²) < 4.78 is 15.1. The number of carbonyl (C=O) groups excluding carboxylic acids is 2. The second-order valence-electron chi connectivity index (χ2n) is 7.39. The van der Waals surface area contributed by atoms with E-state index >= 15 is 0 Å². The number of rotatable bonds is 4. The number of hydrogen-bond acceptors (Lipinski definition) is 4. The Hall–Kier alpha value is -2.74. The summed E-state index contributed by atoms with van der Waals surface area (Å²) in [6.45, 7) is 5.33. The average molecular weight is 415 g/mol. The van der Waals surface area contributed by atoms with Gasteiger partial charge in [0.05, 0.1) is 12.2 Å². The van der Waals surface area contributed by atoms with Crippen molar-refractivity contribution in [1.29, 1.82) is 0 Å². The number of aromatic nitrogens is 2. The van der Waals surface area contributed by atoms with Crippen LogP contribution in [0.1, 0.15) is 30.3 Å². The number of nitrogens with zero attached hydrogens (tertiary/aromatic N) is 3. The Balaban J connectivity index is 1.40. The first kappa shape index (κ1) is 19.6. The van der Waals surface area contributed by atoms with Gasteiger partial charge in [-0.2, -0.15) is 0 Å².